The van der Waals surface area contributed by atoms with Gasteiger partial charge in [0.2, 0.25) is 5.91 Å². The van der Waals surface area contributed by atoms with Gasteiger partial charge in [-0.3, -0.25) is 9.78 Å². The molecule has 5 heteroatoms. The molecule has 1 N–H and O–H groups in total. The topological polar surface area (TPSA) is 53.4 Å². The minimum absolute atomic E-state index is 0.137. The molecule has 0 spiro atoms. The molecule has 0 radical (unpaired) electrons. The van der Waals surface area contributed by atoms with E-state index in [4.69, 9.17) is 0 Å². The number of hydrogen-bond donors (Lipinski definition) is 1. The van der Waals surface area contributed by atoms with Crippen molar-refractivity contribution in [1.29, 1.82) is 0 Å². The van der Waals surface area contributed by atoms with Gasteiger partial charge in [-0.05, 0) is 30.9 Å². The zero-order valence-corrected chi connectivity index (χ0v) is 11.3. The molecule has 0 aliphatic heterocycles. The fourth-order valence-electron chi connectivity index (χ4n) is 2.03. The van der Waals surface area contributed by atoms with Crippen LogP contribution in [-0.4, -0.2) is 46.3 Å². The summed E-state index contributed by atoms with van der Waals surface area (Å²) in [5.74, 6) is 1.06. The largest absolute Gasteiger partial charge is 0.393 e. The van der Waals surface area contributed by atoms with E-state index in [1.165, 1.54) is 11.8 Å². The summed E-state index contributed by atoms with van der Waals surface area (Å²) in [7, 11) is 1.83. The SMILES string of the molecule is CN(CC1CC(O)C1)C(=O)CSc1ccncc1. The van der Waals surface area contributed by atoms with E-state index in [1.807, 2.05) is 19.2 Å². The normalized spacial score (nSPS) is 22.3. The first-order valence-electron chi connectivity index (χ1n) is 6.10. The van der Waals surface area contributed by atoms with Crippen molar-refractivity contribution in [2.45, 2.75) is 23.8 Å². The fourth-order valence-corrected chi connectivity index (χ4v) is 2.85. The van der Waals surface area contributed by atoms with Crippen LogP contribution in [-0.2, 0) is 4.79 Å². The molecule has 1 aliphatic rings. The summed E-state index contributed by atoms with van der Waals surface area (Å²) in [6.45, 7) is 0.757. The van der Waals surface area contributed by atoms with E-state index in [0.717, 1.165) is 24.3 Å². The standard InChI is InChI=1S/C13H18N2O2S/c1-15(8-10-6-11(16)7-10)13(17)9-18-12-2-4-14-5-3-12/h2-5,10-11,16H,6-9H2,1H3. The van der Waals surface area contributed by atoms with Crippen molar-refractivity contribution in [3.63, 3.8) is 0 Å². The molecule has 1 saturated carbocycles. The summed E-state index contributed by atoms with van der Waals surface area (Å²) in [5.41, 5.74) is 0. The van der Waals surface area contributed by atoms with E-state index in [2.05, 4.69) is 4.98 Å². The Morgan fingerprint density at radius 2 is 2.17 bits per heavy atom. The zero-order chi connectivity index (χ0) is 13.0. The van der Waals surface area contributed by atoms with E-state index in [-0.39, 0.29) is 12.0 Å². The average Bonchev–Trinajstić information content (AvgIpc) is 2.35. The maximum atomic E-state index is 11.9. The third-order valence-corrected chi connectivity index (χ3v) is 4.18. The zero-order valence-electron chi connectivity index (χ0n) is 10.5. The summed E-state index contributed by atoms with van der Waals surface area (Å²) in [4.78, 5) is 18.7. The van der Waals surface area contributed by atoms with E-state index in [9.17, 15) is 9.90 Å². The predicted molar refractivity (Wildman–Crippen MR) is 71.3 cm³/mol. The van der Waals surface area contributed by atoms with E-state index < -0.39 is 0 Å². The molecular weight excluding hydrogens is 248 g/mol. The number of amides is 1. The van der Waals surface area contributed by atoms with Gasteiger partial charge >= 0.3 is 0 Å². The number of aromatic nitrogens is 1. The Kier molecular flexibility index (Phi) is 4.60. The van der Waals surface area contributed by atoms with E-state index >= 15 is 0 Å². The monoisotopic (exact) mass is 266 g/mol. The third-order valence-electron chi connectivity index (χ3n) is 3.18. The first-order valence-corrected chi connectivity index (χ1v) is 7.08. The number of aliphatic hydroxyl groups is 1. The van der Waals surface area contributed by atoms with Crippen molar-refractivity contribution in [2.75, 3.05) is 19.3 Å². The Balaban J connectivity index is 1.71. The molecule has 1 heterocycles. The van der Waals surface area contributed by atoms with Crippen LogP contribution in [0.5, 0.6) is 0 Å². The first-order chi connectivity index (χ1) is 8.65. The number of rotatable bonds is 5. The Hall–Kier alpha value is -1.07. The van der Waals surface area contributed by atoms with Gasteiger partial charge in [0.05, 0.1) is 11.9 Å². The van der Waals surface area contributed by atoms with Crippen LogP contribution in [0.1, 0.15) is 12.8 Å². The molecule has 1 amide bonds. The van der Waals surface area contributed by atoms with Crippen LogP contribution >= 0.6 is 11.8 Å². The highest BCUT2D eigenvalue weighted by atomic mass is 32.2. The van der Waals surface area contributed by atoms with Crippen LogP contribution < -0.4 is 0 Å². The molecule has 0 bridgehead atoms. The number of pyridine rings is 1. The lowest BCUT2D eigenvalue weighted by atomic mass is 9.82. The number of carbonyl (C=O) groups is 1. The summed E-state index contributed by atoms with van der Waals surface area (Å²) in [6, 6.07) is 3.81. The molecule has 18 heavy (non-hydrogen) atoms. The highest BCUT2D eigenvalue weighted by molar-refractivity contribution is 8.00. The van der Waals surface area contributed by atoms with Gasteiger partial charge in [-0.1, -0.05) is 0 Å². The van der Waals surface area contributed by atoms with Gasteiger partial charge in [0, 0.05) is 30.9 Å². The van der Waals surface area contributed by atoms with Gasteiger partial charge in [0.15, 0.2) is 0 Å². The maximum absolute atomic E-state index is 11.9. The average molecular weight is 266 g/mol. The Labute approximate surface area is 111 Å². The molecule has 1 aliphatic carbocycles. The lowest BCUT2D eigenvalue weighted by molar-refractivity contribution is -0.128. The molecular formula is C13H18N2O2S. The van der Waals surface area contributed by atoms with Crippen LogP contribution in [0.3, 0.4) is 0 Å². The Morgan fingerprint density at radius 1 is 1.50 bits per heavy atom. The quantitative estimate of drug-likeness (QED) is 0.819. The van der Waals surface area contributed by atoms with Gasteiger partial charge in [-0.25, -0.2) is 0 Å². The van der Waals surface area contributed by atoms with Gasteiger partial charge in [-0.15, -0.1) is 11.8 Å². The van der Waals surface area contributed by atoms with Gasteiger partial charge in [0.1, 0.15) is 0 Å². The molecule has 0 unspecified atom stereocenters. The van der Waals surface area contributed by atoms with Crippen molar-refractivity contribution >= 4 is 17.7 Å². The second-order valence-electron chi connectivity index (χ2n) is 4.74. The van der Waals surface area contributed by atoms with Crippen LogP contribution in [0.2, 0.25) is 0 Å². The van der Waals surface area contributed by atoms with Crippen LogP contribution in [0.4, 0.5) is 0 Å². The number of aliphatic hydroxyl groups excluding tert-OH is 1. The third kappa shape index (κ3) is 3.71. The molecule has 0 aromatic carbocycles. The number of carbonyl (C=O) groups excluding carboxylic acids is 1. The van der Waals surface area contributed by atoms with Gasteiger partial charge in [0.25, 0.3) is 0 Å². The van der Waals surface area contributed by atoms with E-state index in [0.29, 0.717) is 11.7 Å². The summed E-state index contributed by atoms with van der Waals surface area (Å²) in [5, 5.41) is 9.21. The molecule has 4 nitrogen and oxygen atoms in total. The summed E-state index contributed by atoms with van der Waals surface area (Å²) < 4.78 is 0. The van der Waals surface area contributed by atoms with Crippen molar-refractivity contribution in [2.24, 2.45) is 5.92 Å². The molecule has 1 fully saturated rings. The highest BCUT2D eigenvalue weighted by Crippen LogP contribution is 2.27. The maximum Gasteiger partial charge on any atom is 0.232 e. The molecule has 0 atom stereocenters. The first kappa shape index (κ1) is 13.4. The molecule has 98 valence electrons. The van der Waals surface area contributed by atoms with Crippen LogP contribution in [0, 0.1) is 5.92 Å². The molecule has 1 aromatic heterocycles. The number of hydrogen-bond acceptors (Lipinski definition) is 4. The lowest BCUT2D eigenvalue weighted by Crippen LogP contribution is -2.40. The Morgan fingerprint density at radius 3 is 2.78 bits per heavy atom. The summed E-state index contributed by atoms with van der Waals surface area (Å²) in [6.07, 6.45) is 4.97. The Bertz CT molecular complexity index is 393. The highest BCUT2D eigenvalue weighted by Gasteiger charge is 2.28. The second-order valence-corrected chi connectivity index (χ2v) is 5.79. The van der Waals surface area contributed by atoms with E-state index in [1.54, 1.807) is 17.3 Å². The van der Waals surface area contributed by atoms with Gasteiger partial charge < -0.3 is 10.0 Å². The molecule has 1 aromatic rings. The van der Waals surface area contributed by atoms with Gasteiger partial charge in [-0.2, -0.15) is 0 Å². The molecule has 0 saturated heterocycles. The fraction of sp³-hybridized carbons (Fsp3) is 0.538. The summed E-state index contributed by atoms with van der Waals surface area (Å²) >= 11 is 1.53. The van der Waals surface area contributed by atoms with Crippen molar-refractivity contribution in [1.82, 2.24) is 9.88 Å². The predicted octanol–water partition coefficient (Wildman–Crippen LogP) is 1.40. The van der Waals surface area contributed by atoms with Crippen molar-refractivity contribution in [3.05, 3.63) is 24.5 Å². The van der Waals surface area contributed by atoms with Crippen LogP contribution in [0.15, 0.2) is 29.4 Å². The minimum atomic E-state index is -0.148. The number of thioether (sulfide) groups is 1. The smallest absolute Gasteiger partial charge is 0.232 e. The lowest BCUT2D eigenvalue weighted by Gasteiger charge is -2.34. The van der Waals surface area contributed by atoms with Crippen LogP contribution in [0.25, 0.3) is 0 Å². The van der Waals surface area contributed by atoms with Crippen molar-refractivity contribution < 1.29 is 9.90 Å². The number of nitrogens with zero attached hydrogens (tertiary/aromatic N) is 2. The second kappa shape index (κ2) is 6.20. The molecule has 2 rings (SSSR count). The van der Waals surface area contributed by atoms with Crippen molar-refractivity contribution in [3.8, 4) is 0 Å². The minimum Gasteiger partial charge on any atom is -0.393 e.